The van der Waals surface area contributed by atoms with Crippen LogP contribution in [0.25, 0.3) is 0 Å². The number of ether oxygens (including phenoxy) is 1. The molecule has 2 aromatic carbocycles. The second-order valence-electron chi connectivity index (χ2n) is 6.60. The topological polar surface area (TPSA) is 142 Å². The van der Waals surface area contributed by atoms with Crippen LogP contribution >= 0.6 is 11.6 Å². The van der Waals surface area contributed by atoms with E-state index in [0.717, 1.165) is 16.3 Å². The van der Waals surface area contributed by atoms with Crippen LogP contribution in [0.15, 0.2) is 36.4 Å². The highest BCUT2D eigenvalue weighted by Crippen LogP contribution is 2.32. The van der Waals surface area contributed by atoms with Gasteiger partial charge in [0.1, 0.15) is 17.2 Å². The Morgan fingerprint density at radius 1 is 1.10 bits per heavy atom. The molecule has 0 spiro atoms. The molecule has 0 unspecified atom stereocenters. The van der Waals surface area contributed by atoms with Crippen LogP contribution in [0.3, 0.4) is 0 Å². The maximum atomic E-state index is 12.7. The minimum Gasteiger partial charge on any atom is -0.457 e. The number of carbonyl (C=O) groups excluding carboxylic acids is 1. The van der Waals surface area contributed by atoms with E-state index in [1.807, 2.05) is 0 Å². The minimum atomic E-state index is -0.844. The molecule has 1 aromatic heterocycles. The average molecular weight is 446 g/mol. The number of carbonyl (C=O) groups is 1. The smallest absolute Gasteiger partial charge is 0.322 e. The van der Waals surface area contributed by atoms with Gasteiger partial charge in [-0.1, -0.05) is 11.6 Å². The van der Waals surface area contributed by atoms with Crippen LogP contribution in [-0.4, -0.2) is 25.5 Å². The molecule has 1 N–H and O–H groups in total. The van der Waals surface area contributed by atoms with Crippen molar-refractivity contribution in [2.24, 2.45) is 7.05 Å². The van der Waals surface area contributed by atoms with E-state index >= 15 is 0 Å². The highest BCUT2D eigenvalue weighted by molar-refractivity contribution is 6.31. The number of rotatable bonds is 6. The summed E-state index contributed by atoms with van der Waals surface area (Å²) in [6.45, 7) is 3.18. The zero-order valence-electron chi connectivity index (χ0n) is 16.6. The average Bonchev–Trinajstić information content (AvgIpc) is 2.98. The van der Waals surface area contributed by atoms with Gasteiger partial charge in [0.25, 0.3) is 11.6 Å². The number of hydrogen-bond donors (Lipinski definition) is 1. The van der Waals surface area contributed by atoms with Crippen molar-refractivity contribution < 1.29 is 19.4 Å². The molecule has 11 nitrogen and oxygen atoms in total. The molecule has 0 saturated carbocycles. The summed E-state index contributed by atoms with van der Waals surface area (Å²) in [6.07, 6.45) is 0. The van der Waals surface area contributed by atoms with Gasteiger partial charge in [0.05, 0.1) is 21.6 Å². The SMILES string of the molecule is Cc1cc(Oc2cc(NC(=O)c3c([N+](=O)[O-])c(C)nn3C)cc([N+](=O)[O-])c2)ccc1Cl. The molecule has 160 valence electrons. The molecule has 3 rings (SSSR count). The number of non-ortho nitro benzene ring substituents is 1. The Bertz CT molecular complexity index is 1220. The van der Waals surface area contributed by atoms with Crippen molar-refractivity contribution in [3.05, 3.63) is 78.6 Å². The maximum Gasteiger partial charge on any atom is 0.322 e. The van der Waals surface area contributed by atoms with Crippen molar-refractivity contribution in [3.8, 4) is 11.5 Å². The summed E-state index contributed by atoms with van der Waals surface area (Å²) in [6, 6.07) is 8.54. The summed E-state index contributed by atoms with van der Waals surface area (Å²) >= 11 is 5.99. The second-order valence-corrected chi connectivity index (χ2v) is 7.01. The fraction of sp³-hybridized carbons (Fsp3) is 0.158. The number of nitro groups is 2. The van der Waals surface area contributed by atoms with Gasteiger partial charge in [0.2, 0.25) is 5.69 Å². The molecular formula is C19H16ClN5O6. The van der Waals surface area contributed by atoms with Crippen LogP contribution in [0.4, 0.5) is 17.1 Å². The third kappa shape index (κ3) is 4.61. The number of nitrogens with zero attached hydrogens (tertiary/aromatic N) is 4. The summed E-state index contributed by atoms with van der Waals surface area (Å²) < 4.78 is 6.76. The Morgan fingerprint density at radius 2 is 1.81 bits per heavy atom. The number of aryl methyl sites for hydroxylation is 3. The Kier molecular flexibility index (Phi) is 5.88. The number of hydrogen-bond acceptors (Lipinski definition) is 7. The second kappa shape index (κ2) is 8.40. The molecule has 0 aliphatic heterocycles. The van der Waals surface area contributed by atoms with Crippen LogP contribution in [0, 0.1) is 34.1 Å². The van der Waals surface area contributed by atoms with E-state index in [2.05, 4.69) is 10.4 Å². The van der Waals surface area contributed by atoms with Crippen molar-refractivity contribution in [2.75, 3.05) is 5.32 Å². The lowest BCUT2D eigenvalue weighted by molar-refractivity contribution is -0.385. The van der Waals surface area contributed by atoms with Crippen LogP contribution in [0.5, 0.6) is 11.5 Å². The van der Waals surface area contributed by atoms with Gasteiger partial charge in [0, 0.05) is 24.2 Å². The first kappa shape index (κ1) is 21.7. The van der Waals surface area contributed by atoms with E-state index in [-0.39, 0.29) is 28.5 Å². The highest BCUT2D eigenvalue weighted by atomic mass is 35.5. The van der Waals surface area contributed by atoms with E-state index in [1.54, 1.807) is 25.1 Å². The number of nitro benzene ring substituents is 1. The highest BCUT2D eigenvalue weighted by Gasteiger charge is 2.29. The predicted molar refractivity (Wildman–Crippen MR) is 112 cm³/mol. The summed E-state index contributed by atoms with van der Waals surface area (Å²) in [7, 11) is 1.39. The number of aromatic nitrogens is 2. The summed E-state index contributed by atoms with van der Waals surface area (Å²) in [4.78, 5) is 34.0. The number of nitrogens with one attached hydrogen (secondary N) is 1. The first-order valence-corrected chi connectivity index (χ1v) is 9.17. The quantitative estimate of drug-likeness (QED) is 0.433. The molecule has 0 radical (unpaired) electrons. The van der Waals surface area contributed by atoms with Crippen LogP contribution in [0.2, 0.25) is 5.02 Å². The lowest BCUT2D eigenvalue weighted by Crippen LogP contribution is -2.17. The van der Waals surface area contributed by atoms with Gasteiger partial charge in [0.15, 0.2) is 0 Å². The molecule has 3 aromatic rings. The third-order valence-electron chi connectivity index (χ3n) is 4.31. The molecule has 0 aliphatic carbocycles. The third-order valence-corrected chi connectivity index (χ3v) is 4.74. The van der Waals surface area contributed by atoms with Crippen molar-refractivity contribution in [1.82, 2.24) is 9.78 Å². The van der Waals surface area contributed by atoms with Crippen molar-refractivity contribution in [3.63, 3.8) is 0 Å². The Balaban J connectivity index is 1.96. The summed E-state index contributed by atoms with van der Waals surface area (Å²) in [5.41, 5.74) is -0.235. The first-order valence-electron chi connectivity index (χ1n) is 8.79. The monoisotopic (exact) mass is 445 g/mol. The standard InChI is InChI=1S/C19H16ClN5O6/c1-10-6-14(4-5-16(10)20)31-15-8-12(7-13(9-15)24(27)28)21-19(26)18-17(25(29)30)11(2)22-23(18)3/h4-9H,1-3H3,(H,21,26). The van der Waals surface area contributed by atoms with Crippen molar-refractivity contribution in [1.29, 1.82) is 0 Å². The van der Waals surface area contributed by atoms with Gasteiger partial charge < -0.3 is 10.1 Å². The summed E-state index contributed by atoms with van der Waals surface area (Å²) in [5, 5.41) is 29.5. The van der Waals surface area contributed by atoms with E-state index in [4.69, 9.17) is 16.3 Å². The number of amides is 1. The van der Waals surface area contributed by atoms with Gasteiger partial charge in [-0.25, -0.2) is 0 Å². The van der Waals surface area contributed by atoms with Gasteiger partial charge in [-0.2, -0.15) is 5.10 Å². The summed E-state index contributed by atoms with van der Waals surface area (Å²) in [5.74, 6) is -0.372. The maximum absolute atomic E-state index is 12.7. The normalized spacial score (nSPS) is 10.6. The number of benzene rings is 2. The van der Waals surface area contributed by atoms with E-state index in [1.165, 1.54) is 26.1 Å². The number of halogens is 1. The minimum absolute atomic E-state index is 0.0213. The molecule has 31 heavy (non-hydrogen) atoms. The number of anilines is 1. The van der Waals surface area contributed by atoms with Gasteiger partial charge in [-0.15, -0.1) is 0 Å². The molecule has 0 atom stereocenters. The Hall–Kier alpha value is -3.99. The lowest BCUT2D eigenvalue weighted by Gasteiger charge is -2.10. The zero-order valence-corrected chi connectivity index (χ0v) is 17.3. The molecule has 0 saturated heterocycles. The first-order chi connectivity index (χ1) is 14.6. The fourth-order valence-corrected chi connectivity index (χ4v) is 3.06. The van der Waals surface area contributed by atoms with Crippen LogP contribution in [-0.2, 0) is 7.05 Å². The largest absolute Gasteiger partial charge is 0.457 e. The van der Waals surface area contributed by atoms with Crippen molar-refractivity contribution >= 4 is 34.6 Å². The van der Waals surface area contributed by atoms with Gasteiger partial charge in [-0.3, -0.25) is 29.7 Å². The molecule has 1 amide bonds. The predicted octanol–water partition coefficient (Wildman–Crippen LogP) is 4.55. The molecule has 0 bridgehead atoms. The lowest BCUT2D eigenvalue weighted by atomic mass is 10.2. The molecule has 0 aliphatic rings. The van der Waals surface area contributed by atoms with Crippen LogP contribution < -0.4 is 10.1 Å². The van der Waals surface area contributed by atoms with Crippen molar-refractivity contribution in [2.45, 2.75) is 13.8 Å². The molecule has 1 heterocycles. The van der Waals surface area contributed by atoms with Gasteiger partial charge in [-0.05, 0) is 37.6 Å². The molecule has 12 heteroatoms. The fourth-order valence-electron chi connectivity index (χ4n) is 2.95. The Morgan fingerprint density at radius 3 is 2.42 bits per heavy atom. The Labute approximate surface area is 180 Å². The van der Waals surface area contributed by atoms with E-state index < -0.39 is 21.4 Å². The zero-order chi connectivity index (χ0) is 22.9. The molecular weight excluding hydrogens is 430 g/mol. The van der Waals surface area contributed by atoms with Crippen LogP contribution in [0.1, 0.15) is 21.7 Å². The van der Waals surface area contributed by atoms with E-state index in [0.29, 0.717) is 10.8 Å². The molecule has 0 fully saturated rings. The van der Waals surface area contributed by atoms with Gasteiger partial charge >= 0.3 is 5.69 Å². The van der Waals surface area contributed by atoms with E-state index in [9.17, 15) is 25.0 Å².